The van der Waals surface area contributed by atoms with Gasteiger partial charge in [-0.2, -0.15) is 0 Å². The highest BCUT2D eigenvalue weighted by molar-refractivity contribution is 7.99. The Morgan fingerprint density at radius 3 is 2.50 bits per heavy atom. The first-order valence-corrected chi connectivity index (χ1v) is 7.49. The summed E-state index contributed by atoms with van der Waals surface area (Å²) in [4.78, 5) is 11.3. The average Bonchev–Trinajstić information content (AvgIpc) is 2.70. The number of nitrogens with one attached hydrogen (secondary N) is 2. The van der Waals surface area contributed by atoms with E-state index in [1.807, 2.05) is 7.05 Å². The third kappa shape index (κ3) is 3.32. The van der Waals surface area contributed by atoms with Crippen LogP contribution in [0.5, 0.6) is 0 Å². The topological polar surface area (TPSA) is 62.7 Å². The summed E-state index contributed by atoms with van der Waals surface area (Å²) in [5, 5.41) is 10.5. The van der Waals surface area contributed by atoms with Crippen molar-refractivity contribution >= 4 is 11.8 Å². The zero-order valence-corrected chi connectivity index (χ0v) is 13.0. The molecule has 0 aliphatic carbocycles. The van der Waals surface area contributed by atoms with Crippen LogP contribution in [0, 0.1) is 13.8 Å². The second-order valence-electron chi connectivity index (χ2n) is 4.94. The lowest BCUT2D eigenvalue weighted by Gasteiger charge is -2.17. The van der Waals surface area contributed by atoms with Crippen molar-refractivity contribution in [3.8, 4) is 0 Å². The first-order chi connectivity index (χ1) is 9.51. The van der Waals surface area contributed by atoms with Gasteiger partial charge in [0.05, 0.1) is 0 Å². The minimum atomic E-state index is -0.181. The Kier molecular flexibility index (Phi) is 4.67. The van der Waals surface area contributed by atoms with E-state index in [0.29, 0.717) is 5.16 Å². The van der Waals surface area contributed by atoms with E-state index in [4.69, 9.17) is 0 Å². The lowest BCUT2D eigenvalue weighted by molar-refractivity contribution is 0.658. The van der Waals surface area contributed by atoms with E-state index < -0.39 is 0 Å². The normalized spacial score (nSPS) is 12.6. The summed E-state index contributed by atoms with van der Waals surface area (Å²) >= 11 is 1.57. The number of nitrogens with zero attached hydrogens (tertiary/aromatic N) is 2. The van der Waals surface area contributed by atoms with Gasteiger partial charge in [-0.25, -0.2) is 9.89 Å². The predicted octanol–water partition coefficient (Wildman–Crippen LogP) is 1.78. The Labute approximate surface area is 122 Å². The number of aromatic amines is 1. The molecule has 0 saturated carbocycles. The molecule has 0 fully saturated rings. The van der Waals surface area contributed by atoms with Crippen molar-refractivity contribution in [1.82, 2.24) is 20.1 Å². The molecule has 0 bridgehead atoms. The molecule has 2 aromatic rings. The van der Waals surface area contributed by atoms with Crippen molar-refractivity contribution in [1.29, 1.82) is 0 Å². The zero-order chi connectivity index (χ0) is 14.7. The van der Waals surface area contributed by atoms with Crippen molar-refractivity contribution < 1.29 is 0 Å². The van der Waals surface area contributed by atoms with Crippen molar-refractivity contribution in [2.75, 3.05) is 12.8 Å². The summed E-state index contributed by atoms with van der Waals surface area (Å²) in [6.45, 7) is 4.21. The Bertz CT molecular complexity index is 627. The van der Waals surface area contributed by atoms with E-state index in [1.54, 1.807) is 18.8 Å². The number of benzene rings is 1. The van der Waals surface area contributed by atoms with Crippen molar-refractivity contribution in [3.05, 3.63) is 45.4 Å². The van der Waals surface area contributed by atoms with Crippen molar-refractivity contribution in [2.45, 2.75) is 25.0 Å². The molecule has 2 rings (SSSR count). The van der Waals surface area contributed by atoms with Gasteiger partial charge in [0.1, 0.15) is 0 Å². The summed E-state index contributed by atoms with van der Waals surface area (Å²) in [6.07, 6.45) is 0. The summed E-state index contributed by atoms with van der Waals surface area (Å²) in [7, 11) is 3.67. The number of hydrogen-bond acceptors (Lipinski definition) is 4. The van der Waals surface area contributed by atoms with Gasteiger partial charge in [-0.05, 0) is 26.5 Å². The van der Waals surface area contributed by atoms with Crippen LogP contribution in [0.25, 0.3) is 0 Å². The molecule has 1 unspecified atom stereocenters. The predicted molar refractivity (Wildman–Crippen MR) is 82.3 cm³/mol. The summed E-state index contributed by atoms with van der Waals surface area (Å²) < 4.78 is 1.53. The van der Waals surface area contributed by atoms with E-state index in [0.717, 1.165) is 5.75 Å². The van der Waals surface area contributed by atoms with Gasteiger partial charge < -0.3 is 5.32 Å². The highest BCUT2D eigenvalue weighted by atomic mass is 32.2. The van der Waals surface area contributed by atoms with Crippen LogP contribution in [0.3, 0.4) is 0 Å². The van der Waals surface area contributed by atoms with E-state index in [1.165, 1.54) is 21.3 Å². The molecule has 1 aromatic carbocycles. The van der Waals surface area contributed by atoms with E-state index >= 15 is 0 Å². The van der Waals surface area contributed by atoms with Gasteiger partial charge in [0, 0.05) is 18.8 Å². The molecule has 1 heterocycles. The molecule has 0 radical (unpaired) electrons. The molecule has 0 aliphatic heterocycles. The van der Waals surface area contributed by atoms with Gasteiger partial charge >= 0.3 is 5.69 Å². The van der Waals surface area contributed by atoms with Crippen LogP contribution in [0.4, 0.5) is 0 Å². The van der Waals surface area contributed by atoms with Crippen LogP contribution in [-0.4, -0.2) is 27.6 Å². The molecule has 20 heavy (non-hydrogen) atoms. The smallest absolute Gasteiger partial charge is 0.312 e. The van der Waals surface area contributed by atoms with Gasteiger partial charge in [0.15, 0.2) is 5.16 Å². The van der Waals surface area contributed by atoms with E-state index in [9.17, 15) is 4.79 Å². The Balaban J connectivity index is 2.13. The van der Waals surface area contributed by atoms with Gasteiger partial charge in [-0.3, -0.25) is 4.57 Å². The molecule has 2 N–H and O–H groups in total. The number of aryl methyl sites for hydroxylation is 2. The van der Waals surface area contributed by atoms with Gasteiger partial charge in [-0.1, -0.05) is 41.1 Å². The highest BCUT2D eigenvalue weighted by Crippen LogP contribution is 2.23. The van der Waals surface area contributed by atoms with Crippen LogP contribution in [0.1, 0.15) is 22.7 Å². The van der Waals surface area contributed by atoms with Crippen molar-refractivity contribution in [3.63, 3.8) is 0 Å². The SMILES string of the molecule is CNC(CSc1n[nH]c(=O)n1C)c1cc(C)cc(C)c1. The average molecular weight is 292 g/mol. The molecular formula is C14H20N4OS. The Morgan fingerprint density at radius 1 is 1.35 bits per heavy atom. The summed E-state index contributed by atoms with van der Waals surface area (Å²) in [5.41, 5.74) is 3.60. The lowest BCUT2D eigenvalue weighted by Crippen LogP contribution is -2.19. The first kappa shape index (κ1) is 14.9. The van der Waals surface area contributed by atoms with Crippen LogP contribution in [0.15, 0.2) is 28.2 Å². The molecule has 108 valence electrons. The minimum absolute atomic E-state index is 0.181. The number of aromatic nitrogens is 3. The molecule has 0 spiro atoms. The van der Waals surface area contributed by atoms with E-state index in [2.05, 4.69) is 47.6 Å². The summed E-state index contributed by atoms with van der Waals surface area (Å²) in [5.74, 6) is 0.817. The number of hydrogen-bond donors (Lipinski definition) is 2. The van der Waals surface area contributed by atoms with E-state index in [-0.39, 0.29) is 11.7 Å². The van der Waals surface area contributed by atoms with Crippen molar-refractivity contribution in [2.24, 2.45) is 7.05 Å². The fourth-order valence-electron chi connectivity index (χ4n) is 2.18. The van der Waals surface area contributed by atoms with Crippen LogP contribution in [0.2, 0.25) is 0 Å². The molecule has 0 saturated heterocycles. The monoisotopic (exact) mass is 292 g/mol. The number of H-pyrrole nitrogens is 1. The van der Waals surface area contributed by atoms with Gasteiger partial charge in [0.2, 0.25) is 0 Å². The lowest BCUT2D eigenvalue weighted by atomic mass is 10.0. The fourth-order valence-corrected chi connectivity index (χ4v) is 3.24. The Morgan fingerprint density at radius 2 is 2.00 bits per heavy atom. The standard InChI is InChI=1S/C14H20N4OS/c1-9-5-10(2)7-11(6-9)12(15-3)8-20-14-17-16-13(19)18(14)4/h5-7,12,15H,8H2,1-4H3,(H,16,19). The van der Waals surface area contributed by atoms with Crippen LogP contribution >= 0.6 is 11.8 Å². The second kappa shape index (κ2) is 6.28. The number of thioether (sulfide) groups is 1. The molecule has 0 amide bonds. The molecule has 5 nitrogen and oxygen atoms in total. The maximum atomic E-state index is 11.3. The maximum absolute atomic E-state index is 11.3. The number of rotatable bonds is 5. The second-order valence-corrected chi connectivity index (χ2v) is 5.93. The quantitative estimate of drug-likeness (QED) is 0.825. The zero-order valence-electron chi connectivity index (χ0n) is 12.2. The highest BCUT2D eigenvalue weighted by Gasteiger charge is 2.13. The molecule has 6 heteroatoms. The first-order valence-electron chi connectivity index (χ1n) is 6.51. The largest absolute Gasteiger partial charge is 0.343 e. The van der Waals surface area contributed by atoms with Crippen LogP contribution < -0.4 is 11.0 Å². The molecular weight excluding hydrogens is 272 g/mol. The Hall–Kier alpha value is -1.53. The maximum Gasteiger partial charge on any atom is 0.343 e. The molecule has 1 aromatic heterocycles. The fraction of sp³-hybridized carbons (Fsp3) is 0.429. The summed E-state index contributed by atoms with van der Waals surface area (Å²) in [6, 6.07) is 6.78. The van der Waals surface area contributed by atoms with Gasteiger partial charge in [0.25, 0.3) is 0 Å². The van der Waals surface area contributed by atoms with Crippen LogP contribution in [-0.2, 0) is 7.05 Å². The third-order valence-electron chi connectivity index (χ3n) is 3.21. The molecule has 0 aliphatic rings. The minimum Gasteiger partial charge on any atom is -0.312 e. The molecule has 1 atom stereocenters. The third-order valence-corrected chi connectivity index (χ3v) is 4.34. The van der Waals surface area contributed by atoms with Gasteiger partial charge in [-0.15, -0.1) is 5.10 Å².